The average Bonchev–Trinajstić information content (AvgIpc) is 2.47. The molecule has 7 heteroatoms. The molecule has 1 N–H and O–H groups in total. The topological polar surface area (TPSA) is 64.1 Å². The van der Waals surface area contributed by atoms with Gasteiger partial charge < -0.3 is 10.0 Å². The van der Waals surface area contributed by atoms with E-state index in [0.717, 1.165) is 25.7 Å². The SMILES string of the molecule is CN(C)C1CCCN(S(=O)(=O)N2CCCC(CO)C2)C1. The van der Waals surface area contributed by atoms with Crippen molar-refractivity contribution in [1.29, 1.82) is 0 Å². The first-order valence-corrected chi connectivity index (χ1v) is 8.87. The highest BCUT2D eigenvalue weighted by atomic mass is 32.2. The van der Waals surface area contributed by atoms with Gasteiger partial charge in [-0.3, -0.25) is 0 Å². The Labute approximate surface area is 122 Å². The van der Waals surface area contributed by atoms with Gasteiger partial charge in [-0.15, -0.1) is 0 Å². The van der Waals surface area contributed by atoms with Crippen LogP contribution in [0.25, 0.3) is 0 Å². The second-order valence-corrected chi connectivity index (χ2v) is 8.10. The lowest BCUT2D eigenvalue weighted by molar-refractivity contribution is 0.150. The quantitative estimate of drug-likeness (QED) is 0.792. The second-order valence-electron chi connectivity index (χ2n) is 6.17. The minimum Gasteiger partial charge on any atom is -0.396 e. The first-order chi connectivity index (χ1) is 9.45. The van der Waals surface area contributed by atoms with E-state index in [-0.39, 0.29) is 12.5 Å². The van der Waals surface area contributed by atoms with Crippen molar-refractivity contribution in [2.75, 3.05) is 46.9 Å². The van der Waals surface area contributed by atoms with Gasteiger partial charge in [0.05, 0.1) is 0 Å². The fraction of sp³-hybridized carbons (Fsp3) is 1.00. The highest BCUT2D eigenvalue weighted by Crippen LogP contribution is 2.24. The summed E-state index contributed by atoms with van der Waals surface area (Å²) in [5.41, 5.74) is 0. The van der Waals surface area contributed by atoms with Gasteiger partial charge in [-0.2, -0.15) is 17.0 Å². The number of likely N-dealkylation sites (N-methyl/N-ethyl adjacent to an activating group) is 1. The van der Waals surface area contributed by atoms with Gasteiger partial charge in [0.15, 0.2) is 0 Å². The first kappa shape index (κ1) is 16.2. The maximum Gasteiger partial charge on any atom is 0.282 e. The van der Waals surface area contributed by atoms with E-state index < -0.39 is 10.2 Å². The van der Waals surface area contributed by atoms with Gasteiger partial charge in [-0.1, -0.05) is 0 Å². The number of rotatable bonds is 4. The molecule has 0 spiro atoms. The highest BCUT2D eigenvalue weighted by Gasteiger charge is 2.36. The zero-order chi connectivity index (χ0) is 14.8. The number of aliphatic hydroxyl groups excluding tert-OH is 1. The lowest BCUT2D eigenvalue weighted by atomic mass is 10.0. The molecule has 2 aliphatic rings. The predicted molar refractivity (Wildman–Crippen MR) is 78.6 cm³/mol. The smallest absolute Gasteiger partial charge is 0.282 e. The molecule has 0 radical (unpaired) electrons. The molecule has 0 saturated carbocycles. The lowest BCUT2D eigenvalue weighted by Crippen LogP contribution is -2.54. The number of piperidine rings is 2. The van der Waals surface area contributed by atoms with Crippen LogP contribution in [-0.2, 0) is 10.2 Å². The Morgan fingerprint density at radius 3 is 2.30 bits per heavy atom. The number of hydrogen-bond acceptors (Lipinski definition) is 4. The summed E-state index contributed by atoms with van der Waals surface area (Å²) in [5, 5.41) is 9.26. The third-order valence-electron chi connectivity index (χ3n) is 4.48. The van der Waals surface area contributed by atoms with Crippen molar-refractivity contribution >= 4 is 10.2 Å². The monoisotopic (exact) mass is 305 g/mol. The summed E-state index contributed by atoms with van der Waals surface area (Å²) in [6.45, 7) is 2.32. The molecule has 2 unspecified atom stereocenters. The van der Waals surface area contributed by atoms with Gasteiger partial charge in [0.2, 0.25) is 0 Å². The van der Waals surface area contributed by atoms with Crippen LogP contribution in [0.3, 0.4) is 0 Å². The fourth-order valence-electron chi connectivity index (χ4n) is 3.10. The van der Waals surface area contributed by atoms with Crippen LogP contribution in [0.5, 0.6) is 0 Å². The molecule has 0 aromatic rings. The van der Waals surface area contributed by atoms with Crippen molar-refractivity contribution in [1.82, 2.24) is 13.5 Å². The van der Waals surface area contributed by atoms with E-state index >= 15 is 0 Å². The Balaban J connectivity index is 2.05. The molecule has 0 amide bonds. The van der Waals surface area contributed by atoms with E-state index in [1.807, 2.05) is 14.1 Å². The molecular weight excluding hydrogens is 278 g/mol. The van der Waals surface area contributed by atoms with Gasteiger partial charge in [0.1, 0.15) is 0 Å². The van der Waals surface area contributed by atoms with E-state index in [2.05, 4.69) is 4.90 Å². The van der Waals surface area contributed by atoms with Crippen LogP contribution in [-0.4, -0.2) is 80.0 Å². The Morgan fingerprint density at radius 2 is 1.70 bits per heavy atom. The summed E-state index contributed by atoms with van der Waals surface area (Å²) >= 11 is 0. The fourth-order valence-corrected chi connectivity index (χ4v) is 4.91. The number of hydrogen-bond donors (Lipinski definition) is 1. The maximum atomic E-state index is 12.7. The molecule has 2 fully saturated rings. The molecule has 0 aromatic heterocycles. The Bertz CT molecular complexity index is 413. The second kappa shape index (κ2) is 6.70. The molecule has 2 saturated heterocycles. The highest BCUT2D eigenvalue weighted by molar-refractivity contribution is 7.86. The van der Waals surface area contributed by atoms with Crippen LogP contribution in [0.4, 0.5) is 0 Å². The molecule has 0 bridgehead atoms. The van der Waals surface area contributed by atoms with Crippen molar-refractivity contribution in [3.8, 4) is 0 Å². The van der Waals surface area contributed by atoms with Gasteiger partial charge in [0.25, 0.3) is 10.2 Å². The van der Waals surface area contributed by atoms with Gasteiger partial charge in [-0.25, -0.2) is 0 Å². The molecular formula is C13H27N3O3S. The van der Waals surface area contributed by atoms with Crippen LogP contribution in [0.15, 0.2) is 0 Å². The van der Waals surface area contributed by atoms with Crippen molar-refractivity contribution in [3.05, 3.63) is 0 Å². The van der Waals surface area contributed by atoms with Gasteiger partial charge in [-0.05, 0) is 45.7 Å². The lowest BCUT2D eigenvalue weighted by Gasteiger charge is -2.39. The van der Waals surface area contributed by atoms with Crippen LogP contribution < -0.4 is 0 Å². The Hall–Kier alpha value is -0.210. The molecule has 2 atom stereocenters. The number of nitrogens with zero attached hydrogens (tertiary/aromatic N) is 3. The molecule has 2 rings (SSSR count). The summed E-state index contributed by atoms with van der Waals surface area (Å²) < 4.78 is 28.6. The summed E-state index contributed by atoms with van der Waals surface area (Å²) in [6, 6.07) is 0.303. The molecule has 118 valence electrons. The molecule has 0 aliphatic carbocycles. The molecule has 6 nitrogen and oxygen atoms in total. The van der Waals surface area contributed by atoms with Crippen LogP contribution in [0, 0.1) is 5.92 Å². The minimum atomic E-state index is -3.37. The third kappa shape index (κ3) is 3.51. The average molecular weight is 305 g/mol. The third-order valence-corrected chi connectivity index (χ3v) is 6.45. The zero-order valence-electron chi connectivity index (χ0n) is 12.5. The van der Waals surface area contributed by atoms with Gasteiger partial charge in [0, 0.05) is 38.8 Å². The summed E-state index contributed by atoms with van der Waals surface area (Å²) in [6.07, 6.45) is 3.73. The summed E-state index contributed by atoms with van der Waals surface area (Å²) in [7, 11) is 0.641. The van der Waals surface area contributed by atoms with Crippen LogP contribution in [0.1, 0.15) is 25.7 Å². The van der Waals surface area contributed by atoms with Crippen LogP contribution >= 0.6 is 0 Å². The zero-order valence-corrected chi connectivity index (χ0v) is 13.3. The first-order valence-electron chi connectivity index (χ1n) is 7.47. The molecule has 2 aliphatic heterocycles. The summed E-state index contributed by atoms with van der Waals surface area (Å²) in [4.78, 5) is 2.11. The van der Waals surface area contributed by atoms with E-state index in [0.29, 0.717) is 32.2 Å². The van der Waals surface area contributed by atoms with Crippen molar-refractivity contribution in [3.63, 3.8) is 0 Å². The normalized spacial score (nSPS) is 30.8. The van der Waals surface area contributed by atoms with Crippen molar-refractivity contribution in [2.24, 2.45) is 5.92 Å². The van der Waals surface area contributed by atoms with E-state index in [1.165, 1.54) is 0 Å². The van der Waals surface area contributed by atoms with Crippen LogP contribution in [0.2, 0.25) is 0 Å². The van der Waals surface area contributed by atoms with E-state index in [9.17, 15) is 13.5 Å². The van der Waals surface area contributed by atoms with Crippen molar-refractivity contribution in [2.45, 2.75) is 31.7 Å². The molecule has 0 aromatic carbocycles. The summed E-state index contributed by atoms with van der Waals surface area (Å²) in [5.74, 6) is 0.0907. The van der Waals surface area contributed by atoms with Gasteiger partial charge >= 0.3 is 0 Å². The standard InChI is InChI=1S/C13H27N3O3S/c1-14(2)13-6-4-8-16(10-13)20(18,19)15-7-3-5-12(9-15)11-17/h12-13,17H,3-11H2,1-2H3. The Morgan fingerprint density at radius 1 is 1.10 bits per heavy atom. The number of aliphatic hydroxyl groups is 1. The maximum absolute atomic E-state index is 12.7. The van der Waals surface area contributed by atoms with E-state index in [1.54, 1.807) is 8.61 Å². The minimum absolute atomic E-state index is 0.0757. The van der Waals surface area contributed by atoms with Crippen molar-refractivity contribution < 1.29 is 13.5 Å². The largest absolute Gasteiger partial charge is 0.396 e. The Kier molecular flexibility index (Phi) is 5.42. The van der Waals surface area contributed by atoms with E-state index in [4.69, 9.17) is 0 Å². The molecule has 2 heterocycles. The predicted octanol–water partition coefficient (Wildman–Crippen LogP) is -0.0385. The molecule has 20 heavy (non-hydrogen) atoms.